The molecule has 0 aliphatic carbocycles. The third-order valence-electron chi connectivity index (χ3n) is 3.27. The minimum absolute atomic E-state index is 0.110. The lowest BCUT2D eigenvalue weighted by Crippen LogP contribution is -2.36. The Hall–Kier alpha value is -0.850. The van der Waals surface area contributed by atoms with Crippen LogP contribution in [0.15, 0.2) is 24.3 Å². The standard InChI is InChI=1S/C11H11ClN2O2S2/c12-7-2-1-3-8(4-7)14-10-6-18(15,16)5-9(10)13-11(14)17/h1-4,9-10H,5-6H2,(H,13,17)/t9-,10+/m0/s1. The summed E-state index contributed by atoms with van der Waals surface area (Å²) < 4.78 is 23.3. The SMILES string of the molecule is O=S1(=O)C[C@@H]2NC(=S)N(c3cccc(Cl)c3)[C@@H]2C1. The van der Waals surface area contributed by atoms with Gasteiger partial charge in [-0.25, -0.2) is 8.42 Å². The first-order valence-electron chi connectivity index (χ1n) is 5.52. The van der Waals surface area contributed by atoms with E-state index >= 15 is 0 Å². The van der Waals surface area contributed by atoms with Crippen molar-refractivity contribution >= 4 is 44.5 Å². The molecule has 0 saturated carbocycles. The molecule has 0 spiro atoms. The van der Waals surface area contributed by atoms with E-state index in [0.717, 1.165) is 5.69 Å². The van der Waals surface area contributed by atoms with Crippen LogP contribution in [0.1, 0.15) is 0 Å². The van der Waals surface area contributed by atoms with Crippen LogP contribution in [-0.2, 0) is 9.84 Å². The van der Waals surface area contributed by atoms with Crippen molar-refractivity contribution in [3.63, 3.8) is 0 Å². The van der Waals surface area contributed by atoms with Crippen LogP contribution in [0.3, 0.4) is 0 Å². The van der Waals surface area contributed by atoms with Gasteiger partial charge in [0.15, 0.2) is 14.9 Å². The highest BCUT2D eigenvalue weighted by atomic mass is 35.5. The summed E-state index contributed by atoms with van der Waals surface area (Å²) in [5.41, 5.74) is 0.838. The average molecular weight is 303 g/mol. The second-order valence-electron chi connectivity index (χ2n) is 4.55. The van der Waals surface area contributed by atoms with Crippen molar-refractivity contribution in [2.45, 2.75) is 12.1 Å². The van der Waals surface area contributed by atoms with Gasteiger partial charge in [-0.15, -0.1) is 0 Å². The lowest BCUT2D eigenvalue weighted by atomic mass is 10.1. The molecule has 2 heterocycles. The van der Waals surface area contributed by atoms with Crippen LogP contribution in [0.5, 0.6) is 0 Å². The third-order valence-corrected chi connectivity index (χ3v) is 5.53. The van der Waals surface area contributed by atoms with E-state index in [4.69, 9.17) is 23.8 Å². The molecule has 3 rings (SSSR count). The van der Waals surface area contributed by atoms with Crippen LogP contribution in [0.2, 0.25) is 5.02 Å². The second-order valence-corrected chi connectivity index (χ2v) is 7.53. The van der Waals surface area contributed by atoms with Gasteiger partial charge in [-0.2, -0.15) is 0 Å². The zero-order chi connectivity index (χ0) is 12.9. The van der Waals surface area contributed by atoms with Crippen molar-refractivity contribution in [2.75, 3.05) is 16.4 Å². The zero-order valence-corrected chi connectivity index (χ0v) is 11.7. The molecule has 2 aliphatic rings. The van der Waals surface area contributed by atoms with Crippen LogP contribution in [0.4, 0.5) is 5.69 Å². The van der Waals surface area contributed by atoms with E-state index < -0.39 is 9.84 Å². The van der Waals surface area contributed by atoms with Gasteiger partial charge in [-0.3, -0.25) is 0 Å². The molecule has 1 aromatic carbocycles. The number of sulfone groups is 1. The van der Waals surface area contributed by atoms with Crippen molar-refractivity contribution in [3.8, 4) is 0 Å². The normalized spacial score (nSPS) is 29.2. The minimum atomic E-state index is -2.98. The molecule has 18 heavy (non-hydrogen) atoms. The Morgan fingerprint density at radius 3 is 2.89 bits per heavy atom. The molecule has 0 radical (unpaired) electrons. The summed E-state index contributed by atoms with van der Waals surface area (Å²) in [4.78, 5) is 1.86. The quantitative estimate of drug-likeness (QED) is 0.790. The molecule has 0 aromatic heterocycles. The van der Waals surface area contributed by atoms with Gasteiger partial charge in [-0.05, 0) is 30.4 Å². The Balaban J connectivity index is 1.99. The molecule has 0 unspecified atom stereocenters. The number of fused-ring (bicyclic) bond motifs is 1. The second kappa shape index (κ2) is 4.08. The number of nitrogens with zero attached hydrogens (tertiary/aromatic N) is 1. The molecule has 2 saturated heterocycles. The lowest BCUT2D eigenvalue weighted by molar-refractivity contribution is 0.600. The fraction of sp³-hybridized carbons (Fsp3) is 0.364. The number of nitrogens with one attached hydrogen (secondary N) is 1. The van der Waals surface area contributed by atoms with Crippen molar-refractivity contribution < 1.29 is 8.42 Å². The van der Waals surface area contributed by atoms with E-state index in [1.54, 1.807) is 12.1 Å². The molecule has 96 valence electrons. The average Bonchev–Trinajstić information content (AvgIpc) is 2.68. The van der Waals surface area contributed by atoms with E-state index in [9.17, 15) is 8.42 Å². The van der Waals surface area contributed by atoms with E-state index in [1.165, 1.54) is 0 Å². The van der Waals surface area contributed by atoms with Crippen molar-refractivity contribution in [1.82, 2.24) is 5.32 Å². The van der Waals surface area contributed by atoms with Gasteiger partial charge >= 0.3 is 0 Å². The first-order valence-corrected chi connectivity index (χ1v) is 8.13. The Kier molecular flexibility index (Phi) is 2.76. The number of hydrogen-bond donors (Lipinski definition) is 1. The molecular weight excluding hydrogens is 292 g/mol. The maximum Gasteiger partial charge on any atom is 0.174 e. The molecule has 2 atom stereocenters. The first kappa shape index (κ1) is 12.2. The zero-order valence-electron chi connectivity index (χ0n) is 9.34. The first-order chi connectivity index (χ1) is 8.46. The van der Waals surface area contributed by atoms with Gasteiger partial charge in [0.2, 0.25) is 0 Å². The molecular formula is C11H11ClN2O2S2. The van der Waals surface area contributed by atoms with Crippen LogP contribution in [0, 0.1) is 0 Å². The summed E-state index contributed by atoms with van der Waals surface area (Å²) in [6.45, 7) is 0. The Labute approximate surface area is 116 Å². The summed E-state index contributed by atoms with van der Waals surface area (Å²) in [5, 5.41) is 4.26. The molecule has 7 heteroatoms. The number of rotatable bonds is 1. The van der Waals surface area contributed by atoms with Crippen LogP contribution < -0.4 is 10.2 Å². The maximum absolute atomic E-state index is 11.7. The summed E-state index contributed by atoms with van der Waals surface area (Å²) >= 11 is 11.2. The van der Waals surface area contributed by atoms with E-state index in [2.05, 4.69) is 5.32 Å². The number of hydrogen-bond acceptors (Lipinski definition) is 3. The highest BCUT2D eigenvalue weighted by molar-refractivity contribution is 7.91. The summed E-state index contributed by atoms with van der Waals surface area (Å²) in [5.74, 6) is 0.284. The molecule has 2 aliphatic heterocycles. The molecule has 2 fully saturated rings. The smallest absolute Gasteiger partial charge is 0.174 e. The van der Waals surface area contributed by atoms with Gasteiger partial charge in [0.25, 0.3) is 0 Å². The maximum atomic E-state index is 11.7. The summed E-state index contributed by atoms with van der Waals surface area (Å²) in [7, 11) is -2.98. The van der Waals surface area contributed by atoms with Crippen molar-refractivity contribution in [2.24, 2.45) is 0 Å². The largest absolute Gasteiger partial charge is 0.356 e. The summed E-state index contributed by atoms with van der Waals surface area (Å²) in [6.07, 6.45) is 0. The Morgan fingerprint density at radius 1 is 1.39 bits per heavy atom. The Bertz CT molecular complexity index is 617. The number of halogens is 1. The van der Waals surface area contributed by atoms with Gasteiger partial charge < -0.3 is 10.2 Å². The highest BCUT2D eigenvalue weighted by Crippen LogP contribution is 2.30. The number of benzene rings is 1. The predicted molar refractivity (Wildman–Crippen MR) is 75.9 cm³/mol. The van der Waals surface area contributed by atoms with Gasteiger partial charge in [0.05, 0.1) is 23.6 Å². The highest BCUT2D eigenvalue weighted by Gasteiger charge is 2.47. The lowest BCUT2D eigenvalue weighted by Gasteiger charge is -2.23. The molecule has 4 nitrogen and oxygen atoms in total. The van der Waals surface area contributed by atoms with E-state index in [1.807, 2.05) is 17.0 Å². The third kappa shape index (κ3) is 1.98. The van der Waals surface area contributed by atoms with Crippen LogP contribution >= 0.6 is 23.8 Å². The predicted octanol–water partition coefficient (Wildman–Crippen LogP) is 1.20. The van der Waals surface area contributed by atoms with Gasteiger partial charge in [-0.1, -0.05) is 17.7 Å². The monoisotopic (exact) mass is 302 g/mol. The van der Waals surface area contributed by atoms with E-state index in [0.29, 0.717) is 10.1 Å². The van der Waals surface area contributed by atoms with Crippen molar-refractivity contribution in [3.05, 3.63) is 29.3 Å². The van der Waals surface area contributed by atoms with Gasteiger partial charge in [0, 0.05) is 10.7 Å². The van der Waals surface area contributed by atoms with Crippen LogP contribution in [-0.4, -0.2) is 37.1 Å². The fourth-order valence-electron chi connectivity index (χ4n) is 2.53. The van der Waals surface area contributed by atoms with Gasteiger partial charge in [0.1, 0.15) is 0 Å². The topological polar surface area (TPSA) is 49.4 Å². The van der Waals surface area contributed by atoms with Crippen molar-refractivity contribution in [1.29, 1.82) is 0 Å². The fourth-order valence-corrected chi connectivity index (χ4v) is 5.00. The molecule has 1 aromatic rings. The minimum Gasteiger partial charge on any atom is -0.356 e. The molecule has 0 bridgehead atoms. The van der Waals surface area contributed by atoms with Crippen LogP contribution in [0.25, 0.3) is 0 Å². The number of anilines is 1. The molecule has 1 N–H and O–H groups in total. The number of thiocarbonyl (C=S) groups is 1. The summed E-state index contributed by atoms with van der Waals surface area (Å²) in [6, 6.07) is 7.05. The van der Waals surface area contributed by atoms with E-state index in [-0.39, 0.29) is 23.6 Å². The Morgan fingerprint density at radius 2 is 2.17 bits per heavy atom. The molecule has 0 amide bonds.